The zero-order valence-electron chi connectivity index (χ0n) is 9.67. The Kier molecular flexibility index (Phi) is 4.21. The van der Waals surface area contributed by atoms with Crippen LogP contribution in [0.1, 0.15) is 10.4 Å². The first-order chi connectivity index (χ1) is 8.61. The first-order valence-electron chi connectivity index (χ1n) is 5.62. The third-order valence-corrected chi connectivity index (χ3v) is 3.17. The molecule has 1 aliphatic rings. The van der Waals surface area contributed by atoms with Gasteiger partial charge in [0.05, 0.1) is 19.3 Å². The van der Waals surface area contributed by atoms with Crippen LogP contribution in [-0.2, 0) is 4.74 Å². The van der Waals surface area contributed by atoms with Crippen molar-refractivity contribution < 1.29 is 19.0 Å². The Bertz CT molecular complexity index is 455. The van der Waals surface area contributed by atoms with Crippen LogP contribution in [0.3, 0.4) is 0 Å². The number of amides is 1. The summed E-state index contributed by atoms with van der Waals surface area (Å²) in [5.74, 6) is -0.655. The van der Waals surface area contributed by atoms with E-state index in [4.69, 9.17) is 9.84 Å². The minimum absolute atomic E-state index is 0.120. The minimum Gasteiger partial charge on any atom is -0.394 e. The van der Waals surface area contributed by atoms with Crippen molar-refractivity contribution >= 4 is 18.5 Å². The fourth-order valence-corrected chi connectivity index (χ4v) is 2.06. The van der Waals surface area contributed by atoms with Crippen molar-refractivity contribution in [1.29, 1.82) is 0 Å². The topological polar surface area (TPSA) is 49.8 Å². The van der Waals surface area contributed by atoms with Gasteiger partial charge in [-0.1, -0.05) is 0 Å². The Balaban J connectivity index is 2.12. The molecule has 0 radical (unpaired) electrons. The molecule has 98 valence electrons. The number of thiol groups is 1. The number of rotatable bonds is 2. The first-order valence-corrected chi connectivity index (χ1v) is 6.07. The fraction of sp³-hybridized carbons (Fsp3) is 0.417. The summed E-state index contributed by atoms with van der Waals surface area (Å²) < 4.78 is 18.3. The molecule has 1 fully saturated rings. The zero-order valence-corrected chi connectivity index (χ0v) is 10.6. The van der Waals surface area contributed by atoms with E-state index in [0.717, 1.165) is 0 Å². The first kappa shape index (κ1) is 13.3. The Labute approximate surface area is 110 Å². The predicted molar refractivity (Wildman–Crippen MR) is 66.4 cm³/mol. The monoisotopic (exact) mass is 271 g/mol. The van der Waals surface area contributed by atoms with Crippen LogP contribution in [0, 0.1) is 5.82 Å². The lowest BCUT2D eigenvalue weighted by Gasteiger charge is -2.32. The highest BCUT2D eigenvalue weighted by atomic mass is 32.1. The summed E-state index contributed by atoms with van der Waals surface area (Å²) in [5.41, 5.74) is 0.389. The molecule has 1 amide bonds. The van der Waals surface area contributed by atoms with E-state index in [9.17, 15) is 9.18 Å². The molecular weight excluding hydrogens is 257 g/mol. The Morgan fingerprint density at radius 2 is 2.39 bits per heavy atom. The van der Waals surface area contributed by atoms with E-state index in [1.54, 1.807) is 4.90 Å². The summed E-state index contributed by atoms with van der Waals surface area (Å²) >= 11 is 3.95. The lowest BCUT2D eigenvalue weighted by atomic mass is 10.1. The summed E-state index contributed by atoms with van der Waals surface area (Å²) in [6.45, 7) is 1.08. The van der Waals surface area contributed by atoms with Gasteiger partial charge < -0.3 is 14.7 Å². The van der Waals surface area contributed by atoms with Crippen molar-refractivity contribution in [2.24, 2.45) is 0 Å². The summed E-state index contributed by atoms with van der Waals surface area (Å²) in [6.07, 6.45) is -0.348. The maximum absolute atomic E-state index is 13.1. The van der Waals surface area contributed by atoms with Crippen molar-refractivity contribution in [3.8, 4) is 0 Å². The zero-order chi connectivity index (χ0) is 13.1. The van der Waals surface area contributed by atoms with E-state index in [-0.39, 0.29) is 23.5 Å². The van der Waals surface area contributed by atoms with Crippen molar-refractivity contribution in [2.75, 3.05) is 26.3 Å². The summed E-state index contributed by atoms with van der Waals surface area (Å²) in [5, 5.41) is 9.02. The van der Waals surface area contributed by atoms with Crippen LogP contribution in [0.2, 0.25) is 0 Å². The highest BCUT2D eigenvalue weighted by molar-refractivity contribution is 7.80. The molecule has 1 heterocycles. The van der Waals surface area contributed by atoms with Crippen LogP contribution >= 0.6 is 12.6 Å². The van der Waals surface area contributed by atoms with Gasteiger partial charge in [-0.05, 0) is 18.2 Å². The molecule has 2 rings (SSSR count). The van der Waals surface area contributed by atoms with Crippen LogP contribution in [-0.4, -0.2) is 48.3 Å². The lowest BCUT2D eigenvalue weighted by Crippen LogP contribution is -2.46. The minimum atomic E-state index is -0.454. The van der Waals surface area contributed by atoms with Crippen molar-refractivity contribution in [3.63, 3.8) is 0 Å². The molecule has 6 heteroatoms. The molecule has 0 spiro atoms. The number of hydrogen-bond donors (Lipinski definition) is 2. The van der Waals surface area contributed by atoms with E-state index in [1.165, 1.54) is 18.2 Å². The predicted octanol–water partition coefficient (Wildman–Crippen LogP) is 0.948. The SMILES string of the molecule is O=C(c1ccc(F)c(S)c1)N1CCOC(CO)C1. The molecule has 0 saturated carbocycles. The molecule has 1 aromatic carbocycles. The summed E-state index contributed by atoms with van der Waals surface area (Å²) in [7, 11) is 0. The number of nitrogens with zero attached hydrogens (tertiary/aromatic N) is 1. The number of halogens is 1. The number of hydrogen-bond acceptors (Lipinski definition) is 4. The molecule has 1 saturated heterocycles. The molecule has 1 unspecified atom stereocenters. The molecule has 1 aliphatic heterocycles. The number of aliphatic hydroxyl groups is 1. The van der Waals surface area contributed by atoms with E-state index >= 15 is 0 Å². The number of aliphatic hydroxyl groups excluding tert-OH is 1. The largest absolute Gasteiger partial charge is 0.394 e. The average Bonchev–Trinajstić information content (AvgIpc) is 2.41. The van der Waals surface area contributed by atoms with Gasteiger partial charge in [0, 0.05) is 23.5 Å². The van der Waals surface area contributed by atoms with E-state index < -0.39 is 5.82 Å². The number of carbonyl (C=O) groups is 1. The molecule has 4 nitrogen and oxygen atoms in total. The van der Waals surface area contributed by atoms with Crippen molar-refractivity contribution in [2.45, 2.75) is 11.0 Å². The Hall–Kier alpha value is -1.11. The molecule has 1 N–H and O–H groups in total. The van der Waals surface area contributed by atoms with Gasteiger partial charge >= 0.3 is 0 Å². The van der Waals surface area contributed by atoms with Crippen LogP contribution in [0.25, 0.3) is 0 Å². The van der Waals surface area contributed by atoms with Gasteiger partial charge in [-0.15, -0.1) is 12.6 Å². The van der Waals surface area contributed by atoms with Crippen LogP contribution in [0.15, 0.2) is 23.1 Å². The average molecular weight is 271 g/mol. The van der Waals surface area contributed by atoms with Crippen LogP contribution in [0.5, 0.6) is 0 Å². The fourth-order valence-electron chi connectivity index (χ4n) is 1.84. The second kappa shape index (κ2) is 5.69. The van der Waals surface area contributed by atoms with Crippen molar-refractivity contribution in [1.82, 2.24) is 4.90 Å². The van der Waals surface area contributed by atoms with Crippen LogP contribution < -0.4 is 0 Å². The second-order valence-electron chi connectivity index (χ2n) is 4.09. The van der Waals surface area contributed by atoms with Gasteiger partial charge in [0.15, 0.2) is 0 Å². The molecule has 18 heavy (non-hydrogen) atoms. The Morgan fingerprint density at radius 3 is 3.06 bits per heavy atom. The molecule has 0 aromatic heterocycles. The second-order valence-corrected chi connectivity index (χ2v) is 4.57. The summed E-state index contributed by atoms with van der Waals surface area (Å²) in [6, 6.07) is 4.06. The molecule has 0 bridgehead atoms. The number of benzene rings is 1. The Morgan fingerprint density at radius 1 is 1.61 bits per heavy atom. The van der Waals surface area contributed by atoms with Gasteiger partial charge in [-0.25, -0.2) is 4.39 Å². The molecular formula is C12H14FNO3S. The van der Waals surface area contributed by atoms with Crippen molar-refractivity contribution in [3.05, 3.63) is 29.6 Å². The van der Waals surface area contributed by atoms with Gasteiger partial charge in [0.1, 0.15) is 5.82 Å². The van der Waals surface area contributed by atoms with E-state index in [2.05, 4.69) is 12.6 Å². The smallest absolute Gasteiger partial charge is 0.254 e. The maximum Gasteiger partial charge on any atom is 0.254 e. The third kappa shape index (κ3) is 2.82. The number of morpholine rings is 1. The third-order valence-electron chi connectivity index (χ3n) is 2.82. The quantitative estimate of drug-likeness (QED) is 0.787. The highest BCUT2D eigenvalue weighted by Crippen LogP contribution is 2.17. The summed E-state index contributed by atoms with van der Waals surface area (Å²) in [4.78, 5) is 13.9. The molecule has 1 aromatic rings. The van der Waals surface area contributed by atoms with Gasteiger partial charge in [-0.2, -0.15) is 0 Å². The number of ether oxygens (including phenoxy) is 1. The molecule has 1 atom stereocenters. The lowest BCUT2D eigenvalue weighted by molar-refractivity contribution is -0.0447. The van der Waals surface area contributed by atoms with Gasteiger partial charge in [0.2, 0.25) is 0 Å². The van der Waals surface area contributed by atoms with Gasteiger partial charge in [-0.3, -0.25) is 4.79 Å². The molecule has 0 aliphatic carbocycles. The van der Waals surface area contributed by atoms with E-state index in [1.807, 2.05) is 0 Å². The normalized spacial score (nSPS) is 19.9. The number of carbonyl (C=O) groups excluding carboxylic acids is 1. The standard InChI is InChI=1S/C12H14FNO3S/c13-10-2-1-8(5-11(10)18)12(16)14-3-4-17-9(6-14)7-15/h1-2,5,9,15,18H,3-4,6-7H2. The highest BCUT2D eigenvalue weighted by Gasteiger charge is 2.24. The van der Waals surface area contributed by atoms with Crippen LogP contribution in [0.4, 0.5) is 4.39 Å². The van der Waals surface area contributed by atoms with E-state index in [0.29, 0.717) is 25.3 Å². The maximum atomic E-state index is 13.1. The van der Waals surface area contributed by atoms with Gasteiger partial charge in [0.25, 0.3) is 5.91 Å².